The normalized spacial score (nSPS) is 10.2. The zero-order valence-electron chi connectivity index (χ0n) is 7.18. The maximum atomic E-state index is 13.3. The van der Waals surface area contributed by atoms with Crippen LogP contribution in [0.1, 0.15) is 5.56 Å². The van der Waals surface area contributed by atoms with Crippen LogP contribution in [0.25, 0.3) is 0 Å². The van der Waals surface area contributed by atoms with Crippen molar-refractivity contribution < 1.29 is 14.2 Å². The van der Waals surface area contributed by atoms with Gasteiger partial charge in [0, 0.05) is 6.61 Å². The Labute approximate surface area is 80.9 Å². The summed E-state index contributed by atoms with van der Waals surface area (Å²) in [6.45, 7) is -0.0976. The minimum absolute atomic E-state index is 0.0338. The Kier molecular flexibility index (Phi) is 3.51. The average Bonchev–Trinajstić information content (AvgIpc) is 2.14. The van der Waals surface area contributed by atoms with Gasteiger partial charge in [0.2, 0.25) is 0 Å². The second-order valence-corrected chi connectivity index (χ2v) is 2.91. The van der Waals surface area contributed by atoms with Crippen molar-refractivity contribution in [2.75, 3.05) is 13.7 Å². The van der Waals surface area contributed by atoms with Gasteiger partial charge in [-0.25, -0.2) is 4.39 Å². The van der Waals surface area contributed by atoms with Crippen molar-refractivity contribution in [3.05, 3.63) is 28.5 Å². The number of hydrogen-bond acceptors (Lipinski definition) is 2. The van der Waals surface area contributed by atoms with E-state index in [9.17, 15) is 4.39 Å². The Morgan fingerprint density at radius 3 is 2.77 bits per heavy atom. The molecule has 0 aliphatic rings. The Morgan fingerprint density at radius 2 is 2.23 bits per heavy atom. The van der Waals surface area contributed by atoms with Crippen molar-refractivity contribution in [1.82, 2.24) is 0 Å². The van der Waals surface area contributed by atoms with Gasteiger partial charge in [-0.2, -0.15) is 0 Å². The molecule has 0 fully saturated rings. The maximum absolute atomic E-state index is 13.3. The number of aliphatic hydroxyl groups is 1. The van der Waals surface area contributed by atoms with Gasteiger partial charge in [0.15, 0.2) is 0 Å². The highest BCUT2D eigenvalue weighted by atomic mass is 35.5. The molecule has 1 aromatic rings. The second-order valence-electron chi connectivity index (χ2n) is 2.53. The summed E-state index contributed by atoms with van der Waals surface area (Å²) < 4.78 is 18.1. The fraction of sp³-hybridized carbons (Fsp3) is 0.333. The Morgan fingerprint density at radius 1 is 1.54 bits per heavy atom. The van der Waals surface area contributed by atoms with E-state index in [0.717, 1.165) is 0 Å². The third-order valence-electron chi connectivity index (χ3n) is 1.73. The van der Waals surface area contributed by atoms with Gasteiger partial charge in [-0.1, -0.05) is 17.7 Å². The van der Waals surface area contributed by atoms with Crippen LogP contribution in [-0.4, -0.2) is 18.8 Å². The van der Waals surface area contributed by atoms with Gasteiger partial charge in [0.1, 0.15) is 16.6 Å². The number of rotatable bonds is 3. The molecule has 0 atom stereocenters. The highest BCUT2D eigenvalue weighted by Crippen LogP contribution is 2.29. The molecule has 0 bridgehead atoms. The van der Waals surface area contributed by atoms with Crippen LogP contribution in [0.3, 0.4) is 0 Å². The summed E-state index contributed by atoms with van der Waals surface area (Å²) in [6.07, 6.45) is 0.259. The standard InChI is InChI=1S/C9H10ClFO2/c1-13-7-3-2-6(4-5-12)9(11)8(7)10/h2-3,12H,4-5H2,1H3. The average molecular weight is 205 g/mol. The lowest BCUT2D eigenvalue weighted by Crippen LogP contribution is -1.97. The van der Waals surface area contributed by atoms with Crippen molar-refractivity contribution in [2.45, 2.75) is 6.42 Å². The quantitative estimate of drug-likeness (QED) is 0.817. The van der Waals surface area contributed by atoms with Crippen LogP contribution in [0.2, 0.25) is 5.02 Å². The highest BCUT2D eigenvalue weighted by Gasteiger charge is 2.10. The monoisotopic (exact) mass is 204 g/mol. The van der Waals surface area contributed by atoms with Crippen molar-refractivity contribution in [2.24, 2.45) is 0 Å². The van der Waals surface area contributed by atoms with Crippen LogP contribution < -0.4 is 4.74 Å². The molecule has 1 aromatic carbocycles. The lowest BCUT2D eigenvalue weighted by atomic mass is 10.1. The zero-order valence-corrected chi connectivity index (χ0v) is 7.94. The van der Waals surface area contributed by atoms with Crippen molar-refractivity contribution >= 4 is 11.6 Å². The van der Waals surface area contributed by atoms with Gasteiger partial charge in [-0.3, -0.25) is 0 Å². The van der Waals surface area contributed by atoms with E-state index in [-0.39, 0.29) is 18.1 Å². The fourth-order valence-corrected chi connectivity index (χ4v) is 1.30. The van der Waals surface area contributed by atoms with Gasteiger partial charge in [-0.15, -0.1) is 0 Å². The summed E-state index contributed by atoms with van der Waals surface area (Å²) in [5.41, 5.74) is 0.397. The Hall–Kier alpha value is -0.800. The van der Waals surface area contributed by atoms with Crippen molar-refractivity contribution in [1.29, 1.82) is 0 Å². The van der Waals surface area contributed by atoms with Gasteiger partial charge in [0.05, 0.1) is 7.11 Å². The molecule has 0 saturated carbocycles. The van der Waals surface area contributed by atoms with E-state index in [1.807, 2.05) is 0 Å². The summed E-state index contributed by atoms with van der Waals surface area (Å²) in [5, 5.41) is 8.59. The highest BCUT2D eigenvalue weighted by molar-refractivity contribution is 6.32. The Balaban J connectivity index is 3.07. The predicted molar refractivity (Wildman–Crippen MR) is 48.8 cm³/mol. The molecule has 0 heterocycles. The van der Waals surface area contributed by atoms with E-state index < -0.39 is 5.82 Å². The largest absolute Gasteiger partial charge is 0.495 e. The molecule has 13 heavy (non-hydrogen) atoms. The lowest BCUT2D eigenvalue weighted by molar-refractivity contribution is 0.297. The zero-order chi connectivity index (χ0) is 9.84. The van der Waals surface area contributed by atoms with Gasteiger partial charge >= 0.3 is 0 Å². The molecule has 4 heteroatoms. The van der Waals surface area contributed by atoms with E-state index in [2.05, 4.69) is 0 Å². The second kappa shape index (κ2) is 4.44. The summed E-state index contributed by atoms with van der Waals surface area (Å²) >= 11 is 5.65. The molecule has 0 radical (unpaired) electrons. The van der Waals surface area contributed by atoms with Crippen LogP contribution in [0.5, 0.6) is 5.75 Å². The van der Waals surface area contributed by atoms with Crippen LogP contribution in [0, 0.1) is 5.82 Å². The summed E-state index contributed by atoms with van der Waals surface area (Å²) in [4.78, 5) is 0. The molecule has 72 valence electrons. The number of hydrogen-bond donors (Lipinski definition) is 1. The molecule has 1 rings (SSSR count). The molecular formula is C9H10ClFO2. The number of aliphatic hydroxyl groups excluding tert-OH is 1. The van der Waals surface area contributed by atoms with E-state index in [1.165, 1.54) is 7.11 Å². The van der Waals surface area contributed by atoms with E-state index >= 15 is 0 Å². The molecule has 0 aliphatic heterocycles. The number of methoxy groups -OCH3 is 1. The van der Waals surface area contributed by atoms with Gasteiger partial charge in [0.25, 0.3) is 0 Å². The third-order valence-corrected chi connectivity index (χ3v) is 2.08. The SMILES string of the molecule is COc1ccc(CCO)c(F)c1Cl. The van der Waals surface area contributed by atoms with Gasteiger partial charge in [-0.05, 0) is 18.1 Å². The van der Waals surface area contributed by atoms with E-state index in [0.29, 0.717) is 11.3 Å². The molecule has 0 amide bonds. The van der Waals surface area contributed by atoms with Crippen molar-refractivity contribution in [3.63, 3.8) is 0 Å². The first kappa shape index (κ1) is 10.3. The first-order chi connectivity index (χ1) is 6.20. The fourth-order valence-electron chi connectivity index (χ4n) is 1.04. The lowest BCUT2D eigenvalue weighted by Gasteiger charge is -2.06. The van der Waals surface area contributed by atoms with Crippen LogP contribution in [-0.2, 0) is 6.42 Å². The molecule has 2 nitrogen and oxygen atoms in total. The number of benzene rings is 1. The molecule has 0 aromatic heterocycles. The number of halogens is 2. The molecular weight excluding hydrogens is 195 g/mol. The smallest absolute Gasteiger partial charge is 0.148 e. The minimum Gasteiger partial charge on any atom is -0.495 e. The molecule has 0 spiro atoms. The molecule has 0 saturated heterocycles. The maximum Gasteiger partial charge on any atom is 0.148 e. The van der Waals surface area contributed by atoms with Crippen molar-refractivity contribution in [3.8, 4) is 5.75 Å². The Bertz CT molecular complexity index is 302. The topological polar surface area (TPSA) is 29.5 Å². The van der Waals surface area contributed by atoms with E-state index in [4.69, 9.17) is 21.4 Å². The van der Waals surface area contributed by atoms with E-state index in [1.54, 1.807) is 12.1 Å². The molecule has 0 unspecified atom stereocenters. The third kappa shape index (κ3) is 2.11. The first-order valence-corrected chi connectivity index (χ1v) is 4.20. The predicted octanol–water partition coefficient (Wildman–Crippen LogP) is 2.02. The van der Waals surface area contributed by atoms with Crippen LogP contribution in [0.4, 0.5) is 4.39 Å². The number of ether oxygens (including phenoxy) is 1. The molecule has 1 N–H and O–H groups in total. The summed E-state index contributed by atoms with van der Waals surface area (Å²) in [7, 11) is 1.42. The van der Waals surface area contributed by atoms with Crippen LogP contribution in [0.15, 0.2) is 12.1 Å². The van der Waals surface area contributed by atoms with Crippen LogP contribution >= 0.6 is 11.6 Å². The summed E-state index contributed by atoms with van der Waals surface area (Å²) in [6, 6.07) is 3.13. The molecule has 0 aliphatic carbocycles. The minimum atomic E-state index is -0.518. The summed E-state index contributed by atoms with van der Waals surface area (Å²) in [5.74, 6) is -0.212. The first-order valence-electron chi connectivity index (χ1n) is 3.82. The van der Waals surface area contributed by atoms with Gasteiger partial charge < -0.3 is 9.84 Å².